The lowest BCUT2D eigenvalue weighted by Crippen LogP contribution is -2.13. The normalized spacial score (nSPS) is 11.3. The number of hydrogen-bond donors (Lipinski definition) is 0. The Kier molecular flexibility index (Phi) is 4.90. The molecule has 0 radical (unpaired) electrons. The number of rotatable bonds is 4. The van der Waals surface area contributed by atoms with Crippen LogP contribution < -0.4 is 0 Å². The van der Waals surface area contributed by atoms with E-state index in [0.717, 1.165) is 22.3 Å². The van der Waals surface area contributed by atoms with Crippen LogP contribution in [0.3, 0.4) is 0 Å². The largest absolute Gasteiger partial charge is 0.465 e. The summed E-state index contributed by atoms with van der Waals surface area (Å²) in [4.78, 5) is 11.8. The second-order valence-corrected chi connectivity index (χ2v) is 7.58. The van der Waals surface area contributed by atoms with Gasteiger partial charge in [-0.2, -0.15) is 0 Å². The van der Waals surface area contributed by atoms with Crippen molar-refractivity contribution in [1.82, 2.24) is 0 Å². The molecule has 0 fully saturated rings. The summed E-state index contributed by atoms with van der Waals surface area (Å²) in [5.41, 5.74) is 3.80. The van der Waals surface area contributed by atoms with Gasteiger partial charge in [-0.1, -0.05) is 29.8 Å². The molecular weight excluding hydrogens is 312 g/mol. The van der Waals surface area contributed by atoms with Crippen LogP contribution in [0.1, 0.15) is 32.6 Å². The van der Waals surface area contributed by atoms with Gasteiger partial charge in [0, 0.05) is 0 Å². The van der Waals surface area contributed by atoms with E-state index < -0.39 is 15.8 Å². The fourth-order valence-electron chi connectivity index (χ4n) is 2.72. The topological polar surface area (TPSA) is 60.4 Å². The molecule has 2 aromatic carbocycles. The lowest BCUT2D eigenvalue weighted by atomic mass is 10.0. The van der Waals surface area contributed by atoms with Crippen LogP contribution in [0.25, 0.3) is 0 Å². The maximum absolute atomic E-state index is 12.8. The second-order valence-electron chi connectivity index (χ2n) is 5.62. The monoisotopic (exact) mass is 332 g/mol. The van der Waals surface area contributed by atoms with E-state index in [4.69, 9.17) is 0 Å². The molecule has 0 bridgehead atoms. The predicted octanol–water partition coefficient (Wildman–Crippen LogP) is 3.37. The molecule has 0 aliphatic carbocycles. The van der Waals surface area contributed by atoms with Crippen LogP contribution in [-0.4, -0.2) is 21.5 Å². The molecule has 23 heavy (non-hydrogen) atoms. The Morgan fingerprint density at radius 2 is 1.61 bits per heavy atom. The quantitative estimate of drug-likeness (QED) is 0.805. The molecule has 0 amide bonds. The molecule has 5 heteroatoms. The zero-order valence-electron chi connectivity index (χ0n) is 13.7. The molecule has 2 aromatic rings. The van der Waals surface area contributed by atoms with Crippen molar-refractivity contribution in [1.29, 1.82) is 0 Å². The van der Waals surface area contributed by atoms with Gasteiger partial charge in [-0.25, -0.2) is 13.2 Å². The molecule has 2 rings (SSSR count). The molecule has 0 aromatic heterocycles. The third-order valence-corrected chi connectivity index (χ3v) is 5.50. The fourth-order valence-corrected chi connectivity index (χ4v) is 4.49. The van der Waals surface area contributed by atoms with Gasteiger partial charge in [0.15, 0.2) is 9.84 Å². The highest BCUT2D eigenvalue weighted by Crippen LogP contribution is 2.25. The standard InChI is InChI=1S/C18H20O4S/c1-12-9-13(2)16(14(3)10-12)11-23(20,21)17-8-6-5-7-15(17)18(19)22-4/h5-10H,11H2,1-4H3. The zero-order valence-corrected chi connectivity index (χ0v) is 14.5. The van der Waals surface area contributed by atoms with Crippen molar-refractivity contribution in [2.75, 3.05) is 7.11 Å². The number of aryl methyl sites for hydroxylation is 3. The molecule has 0 heterocycles. The Hall–Kier alpha value is -2.14. The van der Waals surface area contributed by atoms with Crippen molar-refractivity contribution in [3.8, 4) is 0 Å². The molecule has 0 N–H and O–H groups in total. The van der Waals surface area contributed by atoms with Crippen molar-refractivity contribution in [2.45, 2.75) is 31.4 Å². The van der Waals surface area contributed by atoms with E-state index in [2.05, 4.69) is 4.74 Å². The number of benzene rings is 2. The van der Waals surface area contributed by atoms with Crippen molar-refractivity contribution >= 4 is 15.8 Å². The van der Waals surface area contributed by atoms with Gasteiger partial charge in [0.05, 0.1) is 23.3 Å². The van der Waals surface area contributed by atoms with Crippen LogP contribution in [0.5, 0.6) is 0 Å². The van der Waals surface area contributed by atoms with E-state index in [1.165, 1.54) is 19.2 Å². The van der Waals surface area contributed by atoms with Crippen molar-refractivity contribution in [3.05, 3.63) is 64.2 Å². The predicted molar refractivity (Wildman–Crippen MR) is 89.3 cm³/mol. The van der Waals surface area contributed by atoms with Crippen molar-refractivity contribution < 1.29 is 17.9 Å². The molecule has 0 aliphatic rings. The highest BCUT2D eigenvalue weighted by molar-refractivity contribution is 7.90. The molecule has 0 atom stereocenters. The summed E-state index contributed by atoms with van der Waals surface area (Å²) >= 11 is 0. The summed E-state index contributed by atoms with van der Waals surface area (Å²) in [6, 6.07) is 10.1. The average molecular weight is 332 g/mol. The average Bonchev–Trinajstić information content (AvgIpc) is 2.50. The molecule has 0 saturated carbocycles. The summed E-state index contributed by atoms with van der Waals surface area (Å²) < 4.78 is 30.3. The number of sulfone groups is 1. The lowest BCUT2D eigenvalue weighted by Gasteiger charge is -2.13. The summed E-state index contributed by atoms with van der Waals surface area (Å²) in [6.07, 6.45) is 0. The highest BCUT2D eigenvalue weighted by atomic mass is 32.2. The van der Waals surface area contributed by atoms with Gasteiger partial charge in [0.25, 0.3) is 0 Å². The van der Waals surface area contributed by atoms with Crippen LogP contribution in [0.15, 0.2) is 41.3 Å². The summed E-state index contributed by atoms with van der Waals surface area (Å²) in [6.45, 7) is 5.78. The Morgan fingerprint density at radius 1 is 1.04 bits per heavy atom. The number of hydrogen-bond acceptors (Lipinski definition) is 4. The maximum atomic E-state index is 12.8. The van der Waals surface area contributed by atoms with E-state index >= 15 is 0 Å². The molecule has 122 valence electrons. The third-order valence-electron chi connectivity index (χ3n) is 3.80. The molecule has 4 nitrogen and oxygen atoms in total. The minimum absolute atomic E-state index is 0.00576. The zero-order chi connectivity index (χ0) is 17.2. The van der Waals surface area contributed by atoms with Gasteiger partial charge in [-0.05, 0) is 49.6 Å². The minimum atomic E-state index is -3.66. The van der Waals surface area contributed by atoms with Crippen LogP contribution in [0, 0.1) is 20.8 Å². The number of carbonyl (C=O) groups excluding carboxylic acids is 1. The SMILES string of the molecule is COC(=O)c1ccccc1S(=O)(=O)Cc1c(C)cc(C)cc1C. The van der Waals surface area contributed by atoms with E-state index in [-0.39, 0.29) is 16.2 Å². The van der Waals surface area contributed by atoms with Crippen molar-refractivity contribution in [3.63, 3.8) is 0 Å². The van der Waals surface area contributed by atoms with Crippen molar-refractivity contribution in [2.24, 2.45) is 0 Å². The Labute approximate surface area is 137 Å². The van der Waals surface area contributed by atoms with Crippen LogP contribution >= 0.6 is 0 Å². The number of methoxy groups -OCH3 is 1. The second kappa shape index (κ2) is 6.54. The van der Waals surface area contributed by atoms with Crippen LogP contribution in [0.2, 0.25) is 0 Å². The first-order valence-corrected chi connectivity index (χ1v) is 8.88. The summed E-state index contributed by atoms with van der Waals surface area (Å²) in [7, 11) is -2.42. The Balaban J connectivity index is 2.51. The van der Waals surface area contributed by atoms with Gasteiger partial charge in [0.2, 0.25) is 0 Å². The highest BCUT2D eigenvalue weighted by Gasteiger charge is 2.24. The van der Waals surface area contributed by atoms with E-state index in [1.807, 2.05) is 32.9 Å². The summed E-state index contributed by atoms with van der Waals surface area (Å²) in [5, 5.41) is 0. The van der Waals surface area contributed by atoms with Crippen LogP contribution in [0.4, 0.5) is 0 Å². The fraction of sp³-hybridized carbons (Fsp3) is 0.278. The smallest absolute Gasteiger partial charge is 0.339 e. The lowest BCUT2D eigenvalue weighted by molar-refractivity contribution is 0.0596. The molecule has 0 unspecified atom stereocenters. The number of esters is 1. The third kappa shape index (κ3) is 3.62. The van der Waals surface area contributed by atoms with E-state index in [0.29, 0.717) is 0 Å². The van der Waals surface area contributed by atoms with Gasteiger partial charge < -0.3 is 4.74 Å². The molecule has 0 saturated heterocycles. The van der Waals surface area contributed by atoms with E-state index in [1.54, 1.807) is 12.1 Å². The van der Waals surface area contributed by atoms with Gasteiger partial charge in [0.1, 0.15) is 0 Å². The molecule has 0 spiro atoms. The number of carbonyl (C=O) groups is 1. The first-order valence-electron chi connectivity index (χ1n) is 7.23. The van der Waals surface area contributed by atoms with Gasteiger partial charge >= 0.3 is 5.97 Å². The first kappa shape index (κ1) is 17.2. The Bertz CT molecular complexity index is 828. The van der Waals surface area contributed by atoms with Gasteiger partial charge in [-0.15, -0.1) is 0 Å². The minimum Gasteiger partial charge on any atom is -0.465 e. The number of ether oxygens (including phenoxy) is 1. The Morgan fingerprint density at radius 3 is 2.17 bits per heavy atom. The molecule has 0 aliphatic heterocycles. The van der Waals surface area contributed by atoms with Gasteiger partial charge in [-0.3, -0.25) is 0 Å². The molecular formula is C18H20O4S. The van der Waals surface area contributed by atoms with Crippen LogP contribution in [-0.2, 0) is 20.3 Å². The maximum Gasteiger partial charge on any atom is 0.339 e. The first-order chi connectivity index (χ1) is 10.8. The van der Waals surface area contributed by atoms with E-state index in [9.17, 15) is 13.2 Å². The summed E-state index contributed by atoms with van der Waals surface area (Å²) in [5.74, 6) is -0.791.